The van der Waals surface area contributed by atoms with Gasteiger partial charge in [-0.1, -0.05) is 6.07 Å². The Morgan fingerprint density at radius 2 is 2.50 bits per heavy atom. The normalized spacial score (nSPS) is 14.3. The molecule has 0 radical (unpaired) electrons. The average Bonchev–Trinajstić information content (AvgIpc) is 2.17. The van der Waals surface area contributed by atoms with Gasteiger partial charge >= 0.3 is 5.97 Å². The van der Waals surface area contributed by atoms with Gasteiger partial charge in [0.1, 0.15) is 5.82 Å². The van der Waals surface area contributed by atoms with E-state index in [9.17, 15) is 4.79 Å². The summed E-state index contributed by atoms with van der Waals surface area (Å²) in [5.74, 6) is 0.0981. The number of carboxylic acids is 1. The van der Waals surface area contributed by atoms with Crippen LogP contribution in [0.2, 0.25) is 0 Å². The Bertz CT molecular complexity index is 363. The van der Waals surface area contributed by atoms with Crippen LogP contribution in [0, 0.1) is 0 Å². The van der Waals surface area contributed by atoms with Crippen LogP contribution in [0.4, 0.5) is 5.82 Å². The number of rotatable bonds is 2. The first-order chi connectivity index (χ1) is 6.75. The van der Waals surface area contributed by atoms with Gasteiger partial charge in [-0.05, 0) is 24.0 Å². The summed E-state index contributed by atoms with van der Waals surface area (Å²) in [6.07, 6.45) is 3.76. The third-order valence-corrected chi connectivity index (χ3v) is 2.29. The Hall–Kier alpha value is -1.58. The number of aryl methyl sites for hydroxylation is 1. The van der Waals surface area contributed by atoms with E-state index in [1.165, 1.54) is 0 Å². The molecule has 0 saturated carbocycles. The summed E-state index contributed by atoms with van der Waals surface area (Å²) in [5, 5.41) is 11.8. The predicted molar refractivity (Wildman–Crippen MR) is 52.4 cm³/mol. The number of hydrogen-bond donors (Lipinski definition) is 2. The minimum absolute atomic E-state index is 0.0558. The molecule has 4 heteroatoms. The lowest BCUT2D eigenvalue weighted by atomic mass is 10.0. The molecule has 0 aliphatic carbocycles. The molecule has 0 amide bonds. The number of pyridine rings is 1. The first kappa shape index (κ1) is 8.99. The lowest BCUT2D eigenvalue weighted by molar-refractivity contribution is -0.136. The van der Waals surface area contributed by atoms with Crippen molar-refractivity contribution in [3.63, 3.8) is 0 Å². The van der Waals surface area contributed by atoms with Gasteiger partial charge in [0.15, 0.2) is 0 Å². The van der Waals surface area contributed by atoms with Crippen LogP contribution in [0.3, 0.4) is 0 Å². The third kappa shape index (κ3) is 1.84. The van der Waals surface area contributed by atoms with E-state index in [0.717, 1.165) is 36.3 Å². The van der Waals surface area contributed by atoms with Crippen LogP contribution in [-0.2, 0) is 17.6 Å². The van der Waals surface area contributed by atoms with Gasteiger partial charge in [0.2, 0.25) is 0 Å². The van der Waals surface area contributed by atoms with Gasteiger partial charge in [-0.2, -0.15) is 0 Å². The smallest absolute Gasteiger partial charge is 0.307 e. The van der Waals surface area contributed by atoms with Crippen LogP contribution in [0.15, 0.2) is 12.3 Å². The molecule has 2 N–H and O–H groups in total. The maximum absolute atomic E-state index is 10.5. The second-order valence-electron chi connectivity index (χ2n) is 3.45. The maximum atomic E-state index is 10.5. The molecule has 74 valence electrons. The Morgan fingerprint density at radius 1 is 1.64 bits per heavy atom. The van der Waals surface area contributed by atoms with Crippen molar-refractivity contribution in [1.29, 1.82) is 0 Å². The van der Waals surface area contributed by atoms with E-state index >= 15 is 0 Å². The standard InChI is InChI=1S/C10H12N2O2/c13-9(14)5-7-4-8-2-1-3-11-10(8)12-6-7/h4,6H,1-3,5H2,(H,11,12)(H,13,14). The Kier molecular flexibility index (Phi) is 2.35. The molecule has 0 unspecified atom stereocenters. The quantitative estimate of drug-likeness (QED) is 0.735. The molecule has 0 saturated heterocycles. The number of aliphatic carboxylic acids is 1. The molecule has 0 fully saturated rings. The van der Waals surface area contributed by atoms with Gasteiger partial charge in [0.25, 0.3) is 0 Å². The minimum atomic E-state index is -0.810. The van der Waals surface area contributed by atoms with Crippen molar-refractivity contribution in [3.8, 4) is 0 Å². The lowest BCUT2D eigenvalue weighted by Crippen LogP contribution is -2.14. The van der Waals surface area contributed by atoms with Crippen molar-refractivity contribution < 1.29 is 9.90 Å². The van der Waals surface area contributed by atoms with Gasteiger partial charge in [-0.25, -0.2) is 4.98 Å². The Morgan fingerprint density at radius 3 is 3.29 bits per heavy atom. The minimum Gasteiger partial charge on any atom is -0.481 e. The number of carbonyl (C=O) groups is 1. The van der Waals surface area contributed by atoms with E-state index in [2.05, 4.69) is 10.3 Å². The number of hydrogen-bond acceptors (Lipinski definition) is 3. The third-order valence-electron chi connectivity index (χ3n) is 2.29. The summed E-state index contributed by atoms with van der Waals surface area (Å²) >= 11 is 0. The average molecular weight is 192 g/mol. The van der Waals surface area contributed by atoms with Crippen molar-refractivity contribution in [2.75, 3.05) is 11.9 Å². The SMILES string of the molecule is O=C(O)Cc1cnc2c(c1)CCCN2. The van der Waals surface area contributed by atoms with Gasteiger partial charge < -0.3 is 10.4 Å². The van der Waals surface area contributed by atoms with Crippen LogP contribution in [-0.4, -0.2) is 22.6 Å². The molecule has 14 heavy (non-hydrogen) atoms. The number of nitrogens with zero attached hydrogens (tertiary/aromatic N) is 1. The van der Waals surface area contributed by atoms with Crippen molar-refractivity contribution >= 4 is 11.8 Å². The molecule has 1 aliphatic heterocycles. The van der Waals surface area contributed by atoms with Crippen LogP contribution in [0.1, 0.15) is 17.5 Å². The number of fused-ring (bicyclic) bond motifs is 1. The summed E-state index contributed by atoms with van der Waals surface area (Å²) in [5.41, 5.74) is 1.91. The van der Waals surface area contributed by atoms with Crippen LogP contribution in [0.25, 0.3) is 0 Å². The van der Waals surface area contributed by atoms with E-state index in [1.807, 2.05) is 6.07 Å². The number of aromatic nitrogens is 1. The second kappa shape index (κ2) is 3.65. The van der Waals surface area contributed by atoms with E-state index < -0.39 is 5.97 Å². The van der Waals surface area contributed by atoms with Gasteiger partial charge in [0, 0.05) is 12.7 Å². The highest BCUT2D eigenvalue weighted by Gasteiger charge is 2.11. The maximum Gasteiger partial charge on any atom is 0.307 e. The molecule has 0 spiro atoms. The first-order valence-electron chi connectivity index (χ1n) is 4.69. The Balaban J connectivity index is 2.24. The molecule has 1 aromatic rings. The van der Waals surface area contributed by atoms with Crippen molar-refractivity contribution in [1.82, 2.24) is 4.98 Å². The molecule has 4 nitrogen and oxygen atoms in total. The van der Waals surface area contributed by atoms with Gasteiger partial charge in [0.05, 0.1) is 6.42 Å². The largest absolute Gasteiger partial charge is 0.481 e. The van der Waals surface area contributed by atoms with Gasteiger partial charge in [-0.3, -0.25) is 4.79 Å². The first-order valence-corrected chi connectivity index (χ1v) is 4.69. The van der Waals surface area contributed by atoms with E-state index in [0.29, 0.717) is 0 Å². The second-order valence-corrected chi connectivity index (χ2v) is 3.45. The molecule has 0 atom stereocenters. The van der Waals surface area contributed by atoms with E-state index in [1.54, 1.807) is 6.20 Å². The fourth-order valence-corrected chi connectivity index (χ4v) is 1.67. The zero-order valence-corrected chi connectivity index (χ0v) is 7.79. The molecule has 1 aromatic heterocycles. The van der Waals surface area contributed by atoms with Gasteiger partial charge in [-0.15, -0.1) is 0 Å². The molecule has 2 heterocycles. The topological polar surface area (TPSA) is 62.2 Å². The zero-order chi connectivity index (χ0) is 9.97. The number of anilines is 1. The fraction of sp³-hybridized carbons (Fsp3) is 0.400. The monoisotopic (exact) mass is 192 g/mol. The van der Waals surface area contributed by atoms with E-state index in [4.69, 9.17) is 5.11 Å². The van der Waals surface area contributed by atoms with Crippen molar-refractivity contribution in [3.05, 3.63) is 23.4 Å². The molecule has 0 bridgehead atoms. The number of carboxylic acid groups (broad SMARTS) is 1. The van der Waals surface area contributed by atoms with E-state index in [-0.39, 0.29) is 6.42 Å². The lowest BCUT2D eigenvalue weighted by Gasteiger charge is -2.16. The molecular weight excluding hydrogens is 180 g/mol. The Labute approximate surface area is 82.0 Å². The summed E-state index contributed by atoms with van der Waals surface area (Å²) in [4.78, 5) is 14.7. The highest BCUT2D eigenvalue weighted by molar-refractivity contribution is 5.70. The predicted octanol–water partition coefficient (Wildman–Crippen LogP) is 1.07. The summed E-state index contributed by atoms with van der Waals surface area (Å²) in [6, 6.07) is 1.93. The highest BCUT2D eigenvalue weighted by Crippen LogP contribution is 2.20. The molecular formula is C10H12N2O2. The zero-order valence-electron chi connectivity index (χ0n) is 7.79. The summed E-state index contributed by atoms with van der Waals surface area (Å²) in [6.45, 7) is 0.957. The summed E-state index contributed by atoms with van der Waals surface area (Å²) < 4.78 is 0. The summed E-state index contributed by atoms with van der Waals surface area (Å²) in [7, 11) is 0. The number of nitrogens with one attached hydrogen (secondary N) is 1. The van der Waals surface area contributed by atoms with Crippen LogP contribution < -0.4 is 5.32 Å². The molecule has 1 aliphatic rings. The van der Waals surface area contributed by atoms with Crippen LogP contribution >= 0.6 is 0 Å². The molecule has 0 aromatic carbocycles. The van der Waals surface area contributed by atoms with Crippen molar-refractivity contribution in [2.24, 2.45) is 0 Å². The molecule has 2 rings (SSSR count). The fourth-order valence-electron chi connectivity index (χ4n) is 1.67. The van der Waals surface area contributed by atoms with Crippen molar-refractivity contribution in [2.45, 2.75) is 19.3 Å². The highest BCUT2D eigenvalue weighted by atomic mass is 16.4. The van der Waals surface area contributed by atoms with Crippen LogP contribution in [0.5, 0.6) is 0 Å².